The van der Waals surface area contributed by atoms with Crippen molar-refractivity contribution < 1.29 is 8.85 Å². The molecular weight excluding hydrogens is 216 g/mol. The minimum absolute atomic E-state index is 0.669. The molecule has 0 aliphatic rings. The quantitative estimate of drug-likeness (QED) is 0.719. The van der Waals surface area contributed by atoms with Crippen molar-refractivity contribution in [2.75, 3.05) is 13.2 Å². The maximum atomic E-state index is 6.07. The largest absolute Gasteiger partial charge is 0.394 e. The van der Waals surface area contributed by atoms with Crippen molar-refractivity contribution in [3.63, 3.8) is 0 Å². The smallest absolute Gasteiger partial charge is 0.357 e. The average Bonchev–Trinajstić information content (AvgIpc) is 2.18. The molecule has 1 rings (SSSR count). The molecule has 0 saturated carbocycles. The Kier molecular flexibility index (Phi) is 5.18. The van der Waals surface area contributed by atoms with Crippen LogP contribution in [-0.2, 0) is 8.85 Å². The van der Waals surface area contributed by atoms with Crippen LogP contribution in [0.1, 0.15) is 13.8 Å². The SMILES string of the molecule is CCO[SiH](OCC)c1ccccc1Cl. The standard InChI is InChI=1S/C10H15ClO2Si/c1-3-12-14(13-4-2)10-8-6-5-7-9(10)11/h5-8,14H,3-4H2,1-2H3. The molecule has 1 aromatic rings. The fourth-order valence-corrected chi connectivity index (χ4v) is 3.25. The molecule has 0 spiro atoms. The molecule has 0 radical (unpaired) electrons. The van der Waals surface area contributed by atoms with Gasteiger partial charge in [-0.1, -0.05) is 29.8 Å². The van der Waals surface area contributed by atoms with E-state index < -0.39 is 9.28 Å². The van der Waals surface area contributed by atoms with Gasteiger partial charge in [-0.05, 0) is 19.9 Å². The van der Waals surface area contributed by atoms with Crippen LogP contribution in [0.3, 0.4) is 0 Å². The second-order valence-corrected chi connectivity index (χ2v) is 5.12. The normalized spacial score (nSPS) is 10.9. The van der Waals surface area contributed by atoms with E-state index in [1.54, 1.807) is 0 Å². The van der Waals surface area contributed by atoms with E-state index in [0.717, 1.165) is 10.2 Å². The minimum atomic E-state index is -1.76. The van der Waals surface area contributed by atoms with Gasteiger partial charge in [-0.3, -0.25) is 0 Å². The van der Waals surface area contributed by atoms with Gasteiger partial charge in [0.05, 0.1) is 0 Å². The number of hydrogen-bond donors (Lipinski definition) is 0. The van der Waals surface area contributed by atoms with Gasteiger partial charge in [-0.15, -0.1) is 0 Å². The van der Waals surface area contributed by atoms with Crippen LogP contribution in [0.15, 0.2) is 24.3 Å². The zero-order chi connectivity index (χ0) is 10.4. The molecule has 0 fully saturated rings. The van der Waals surface area contributed by atoms with Gasteiger partial charge in [0.15, 0.2) is 0 Å². The van der Waals surface area contributed by atoms with Gasteiger partial charge in [0.25, 0.3) is 0 Å². The van der Waals surface area contributed by atoms with Crippen molar-refractivity contribution in [1.29, 1.82) is 0 Å². The predicted molar refractivity (Wildman–Crippen MR) is 61.5 cm³/mol. The summed E-state index contributed by atoms with van der Waals surface area (Å²) >= 11 is 6.07. The Morgan fingerprint density at radius 2 is 1.71 bits per heavy atom. The molecule has 0 aromatic heterocycles. The Bertz CT molecular complexity index is 275. The zero-order valence-electron chi connectivity index (χ0n) is 8.50. The summed E-state index contributed by atoms with van der Waals surface area (Å²) in [4.78, 5) is 0. The lowest BCUT2D eigenvalue weighted by Gasteiger charge is -2.15. The lowest BCUT2D eigenvalue weighted by Crippen LogP contribution is -2.37. The van der Waals surface area contributed by atoms with Gasteiger partial charge in [-0.2, -0.15) is 0 Å². The molecule has 0 amide bonds. The Morgan fingerprint density at radius 1 is 1.14 bits per heavy atom. The van der Waals surface area contributed by atoms with Crippen molar-refractivity contribution in [2.45, 2.75) is 13.8 Å². The van der Waals surface area contributed by atoms with E-state index in [0.29, 0.717) is 13.2 Å². The van der Waals surface area contributed by atoms with Gasteiger partial charge >= 0.3 is 9.28 Å². The van der Waals surface area contributed by atoms with Crippen LogP contribution in [0.2, 0.25) is 5.02 Å². The van der Waals surface area contributed by atoms with Crippen molar-refractivity contribution in [3.8, 4) is 0 Å². The van der Waals surface area contributed by atoms with Crippen LogP contribution < -0.4 is 5.19 Å². The molecule has 0 heterocycles. The first-order chi connectivity index (χ1) is 6.79. The lowest BCUT2D eigenvalue weighted by molar-refractivity contribution is 0.225. The van der Waals surface area contributed by atoms with Gasteiger partial charge in [-0.25, -0.2) is 0 Å². The number of hydrogen-bond acceptors (Lipinski definition) is 2. The highest BCUT2D eigenvalue weighted by atomic mass is 35.5. The van der Waals surface area contributed by atoms with Gasteiger partial charge in [0.1, 0.15) is 0 Å². The van der Waals surface area contributed by atoms with E-state index in [9.17, 15) is 0 Å². The first-order valence-electron chi connectivity index (χ1n) is 4.77. The number of benzene rings is 1. The number of rotatable bonds is 5. The maximum Gasteiger partial charge on any atom is 0.357 e. The highest BCUT2D eigenvalue weighted by Gasteiger charge is 2.17. The fourth-order valence-electron chi connectivity index (χ4n) is 1.20. The second-order valence-electron chi connectivity index (χ2n) is 2.76. The second kappa shape index (κ2) is 6.19. The van der Waals surface area contributed by atoms with Crippen molar-refractivity contribution >= 4 is 26.1 Å². The topological polar surface area (TPSA) is 18.5 Å². The number of halogens is 1. The molecule has 0 unspecified atom stereocenters. The van der Waals surface area contributed by atoms with Crippen LogP contribution in [-0.4, -0.2) is 22.5 Å². The van der Waals surface area contributed by atoms with Crippen LogP contribution in [0.4, 0.5) is 0 Å². The Balaban J connectivity index is 2.81. The molecule has 0 atom stereocenters. The van der Waals surface area contributed by atoms with Crippen molar-refractivity contribution in [3.05, 3.63) is 29.3 Å². The summed E-state index contributed by atoms with van der Waals surface area (Å²) in [6, 6.07) is 7.72. The summed E-state index contributed by atoms with van der Waals surface area (Å²) in [5.41, 5.74) is 0. The Morgan fingerprint density at radius 3 is 2.21 bits per heavy atom. The van der Waals surface area contributed by atoms with E-state index in [-0.39, 0.29) is 0 Å². The summed E-state index contributed by atoms with van der Waals surface area (Å²) in [7, 11) is -1.76. The maximum absolute atomic E-state index is 6.07. The van der Waals surface area contributed by atoms with Crippen LogP contribution in [0, 0.1) is 0 Å². The third kappa shape index (κ3) is 3.10. The van der Waals surface area contributed by atoms with E-state index in [2.05, 4.69) is 0 Å². The first-order valence-corrected chi connectivity index (χ1v) is 6.67. The molecule has 0 bridgehead atoms. The molecule has 0 saturated heterocycles. The summed E-state index contributed by atoms with van der Waals surface area (Å²) in [6.07, 6.45) is 0. The minimum Gasteiger partial charge on any atom is -0.394 e. The molecule has 2 nitrogen and oxygen atoms in total. The highest BCUT2D eigenvalue weighted by molar-refractivity contribution is 6.65. The first kappa shape index (κ1) is 11.7. The third-order valence-electron chi connectivity index (χ3n) is 1.80. The molecule has 4 heteroatoms. The van der Waals surface area contributed by atoms with Gasteiger partial charge in [0, 0.05) is 23.4 Å². The average molecular weight is 231 g/mol. The van der Waals surface area contributed by atoms with Gasteiger partial charge < -0.3 is 8.85 Å². The Labute approximate surface area is 91.6 Å². The Hall–Kier alpha value is -0.353. The summed E-state index contributed by atoms with van der Waals surface area (Å²) in [6.45, 7) is 5.27. The molecule has 0 aliphatic carbocycles. The van der Waals surface area contributed by atoms with Gasteiger partial charge in [0.2, 0.25) is 0 Å². The molecular formula is C10H15ClO2Si. The molecule has 0 aliphatic heterocycles. The van der Waals surface area contributed by atoms with Crippen LogP contribution >= 0.6 is 11.6 Å². The van der Waals surface area contributed by atoms with Crippen molar-refractivity contribution in [2.24, 2.45) is 0 Å². The summed E-state index contributed by atoms with van der Waals surface area (Å²) in [5.74, 6) is 0. The van der Waals surface area contributed by atoms with Crippen molar-refractivity contribution in [1.82, 2.24) is 0 Å². The molecule has 1 aromatic carbocycles. The molecule has 78 valence electrons. The summed E-state index contributed by atoms with van der Waals surface area (Å²) in [5, 5.41) is 1.77. The van der Waals surface area contributed by atoms with Crippen LogP contribution in [0.25, 0.3) is 0 Å². The predicted octanol–water partition coefficient (Wildman–Crippen LogP) is 1.84. The zero-order valence-corrected chi connectivity index (χ0v) is 10.4. The highest BCUT2D eigenvalue weighted by Crippen LogP contribution is 2.06. The van der Waals surface area contributed by atoms with E-state index in [4.69, 9.17) is 20.5 Å². The van der Waals surface area contributed by atoms with E-state index in [1.165, 1.54) is 0 Å². The fraction of sp³-hybridized carbons (Fsp3) is 0.400. The van der Waals surface area contributed by atoms with Crippen LogP contribution in [0.5, 0.6) is 0 Å². The molecule has 14 heavy (non-hydrogen) atoms. The van der Waals surface area contributed by atoms with E-state index in [1.807, 2.05) is 38.1 Å². The monoisotopic (exact) mass is 230 g/mol. The molecule has 0 N–H and O–H groups in total. The van der Waals surface area contributed by atoms with E-state index >= 15 is 0 Å². The third-order valence-corrected chi connectivity index (χ3v) is 4.61. The summed E-state index contributed by atoms with van der Waals surface area (Å²) < 4.78 is 11.2. The lowest BCUT2D eigenvalue weighted by atomic mass is 10.4.